The van der Waals surface area contributed by atoms with E-state index < -0.39 is 6.10 Å². The number of thioether (sulfide) groups is 1. The number of hydrogen-bond donors (Lipinski definition) is 1. The van der Waals surface area contributed by atoms with Crippen molar-refractivity contribution < 1.29 is 9.53 Å². The largest absolute Gasteiger partial charge is 0.481 e. The number of nitrogens with one attached hydrogen (secondary N) is 1. The van der Waals surface area contributed by atoms with Crippen LogP contribution in [0, 0.1) is 6.92 Å². The molecule has 6 heteroatoms. The lowest BCUT2D eigenvalue weighted by molar-refractivity contribution is -0.127. The number of hydrogen-bond acceptors (Lipinski definition) is 3. The maximum Gasteiger partial charge on any atom is 0.261 e. The van der Waals surface area contributed by atoms with Gasteiger partial charge in [-0.3, -0.25) is 4.79 Å². The van der Waals surface area contributed by atoms with Gasteiger partial charge >= 0.3 is 0 Å². The number of amides is 1. The van der Waals surface area contributed by atoms with Crippen LogP contribution >= 0.6 is 35.0 Å². The van der Waals surface area contributed by atoms with Gasteiger partial charge in [0, 0.05) is 28.1 Å². The molecule has 2 aromatic carbocycles. The lowest BCUT2D eigenvalue weighted by Gasteiger charge is -2.17. The third kappa shape index (κ3) is 6.42. The van der Waals surface area contributed by atoms with Crippen molar-refractivity contribution in [3.63, 3.8) is 0 Å². The molecule has 0 spiro atoms. The molecule has 0 aliphatic carbocycles. The van der Waals surface area contributed by atoms with Crippen molar-refractivity contribution in [2.75, 3.05) is 12.3 Å². The summed E-state index contributed by atoms with van der Waals surface area (Å²) in [6.07, 6.45) is 0.0874. The number of carbonyl (C=O) groups is 1. The number of ether oxygens (including phenoxy) is 1. The van der Waals surface area contributed by atoms with E-state index in [0.717, 1.165) is 27.7 Å². The fraction of sp³-hybridized carbons (Fsp3) is 0.350. The topological polar surface area (TPSA) is 38.3 Å². The van der Waals surface area contributed by atoms with Crippen molar-refractivity contribution in [3.8, 4) is 5.75 Å². The Morgan fingerprint density at radius 2 is 1.96 bits per heavy atom. The van der Waals surface area contributed by atoms with Gasteiger partial charge in [0.25, 0.3) is 5.91 Å². The van der Waals surface area contributed by atoms with Crippen molar-refractivity contribution in [3.05, 3.63) is 63.6 Å². The van der Waals surface area contributed by atoms with Crippen LogP contribution in [0.25, 0.3) is 0 Å². The Bertz CT molecular complexity index is 740. The Labute approximate surface area is 169 Å². The molecular formula is C20H23Cl2NO2S. The molecular weight excluding hydrogens is 389 g/mol. The number of halogens is 2. The molecule has 0 bridgehead atoms. The van der Waals surface area contributed by atoms with Gasteiger partial charge in [0.05, 0.1) is 0 Å². The first kappa shape index (κ1) is 20.9. The van der Waals surface area contributed by atoms with Gasteiger partial charge in [-0.1, -0.05) is 48.3 Å². The van der Waals surface area contributed by atoms with Crippen LogP contribution in [0.1, 0.15) is 24.5 Å². The first-order valence-electron chi connectivity index (χ1n) is 8.53. The summed E-state index contributed by atoms with van der Waals surface area (Å²) >= 11 is 13.9. The Hall–Kier alpha value is -1.36. The Morgan fingerprint density at radius 1 is 1.19 bits per heavy atom. The van der Waals surface area contributed by atoms with Crippen LogP contribution in [0.3, 0.4) is 0 Å². The normalized spacial score (nSPS) is 11.8. The lowest BCUT2D eigenvalue weighted by Crippen LogP contribution is -2.39. The predicted molar refractivity (Wildman–Crippen MR) is 112 cm³/mol. The zero-order valence-corrected chi connectivity index (χ0v) is 17.3. The summed E-state index contributed by atoms with van der Waals surface area (Å²) in [4.78, 5) is 12.3. The third-order valence-corrected chi connectivity index (χ3v) is 5.63. The van der Waals surface area contributed by atoms with Gasteiger partial charge in [0.15, 0.2) is 6.10 Å². The summed E-state index contributed by atoms with van der Waals surface area (Å²) in [6.45, 7) is 4.43. The molecule has 3 nitrogen and oxygen atoms in total. The van der Waals surface area contributed by atoms with Crippen molar-refractivity contribution in [2.24, 2.45) is 0 Å². The van der Waals surface area contributed by atoms with E-state index in [2.05, 4.69) is 5.32 Å². The van der Waals surface area contributed by atoms with Gasteiger partial charge in [0.2, 0.25) is 0 Å². The molecule has 1 atom stereocenters. The molecule has 0 unspecified atom stereocenters. The van der Waals surface area contributed by atoms with Crippen LogP contribution in [0.2, 0.25) is 10.0 Å². The summed E-state index contributed by atoms with van der Waals surface area (Å²) in [5.74, 6) is 2.20. The highest BCUT2D eigenvalue weighted by atomic mass is 35.5. The van der Waals surface area contributed by atoms with Gasteiger partial charge in [-0.2, -0.15) is 11.8 Å². The molecule has 0 aliphatic heterocycles. The molecule has 0 aliphatic rings. The average Bonchev–Trinajstić information content (AvgIpc) is 2.63. The summed E-state index contributed by atoms with van der Waals surface area (Å²) in [5, 5.41) is 4.40. The molecule has 0 saturated carbocycles. The minimum atomic E-state index is -0.510. The minimum absolute atomic E-state index is 0.0987. The second-order valence-corrected chi connectivity index (χ2v) is 7.78. The number of carbonyl (C=O) groups excluding carboxylic acids is 1. The van der Waals surface area contributed by atoms with E-state index in [4.69, 9.17) is 27.9 Å². The summed E-state index contributed by atoms with van der Waals surface area (Å²) < 4.78 is 5.81. The third-order valence-electron chi connectivity index (χ3n) is 3.83. The van der Waals surface area contributed by atoms with Crippen LogP contribution in [-0.2, 0) is 10.5 Å². The molecule has 0 heterocycles. The van der Waals surface area contributed by atoms with Gasteiger partial charge in [-0.05, 0) is 48.7 Å². The fourth-order valence-electron chi connectivity index (χ4n) is 2.33. The Morgan fingerprint density at radius 3 is 2.65 bits per heavy atom. The van der Waals surface area contributed by atoms with Crippen LogP contribution in [-0.4, -0.2) is 24.3 Å². The maximum atomic E-state index is 12.3. The summed E-state index contributed by atoms with van der Waals surface area (Å²) in [5.41, 5.74) is 2.04. The van der Waals surface area contributed by atoms with Crippen molar-refractivity contribution in [1.82, 2.24) is 5.32 Å². The van der Waals surface area contributed by atoms with Crippen LogP contribution < -0.4 is 10.1 Å². The number of rotatable bonds is 9. The molecule has 2 rings (SSSR count). The molecule has 1 amide bonds. The standard InChI is InChI=1S/C20H23Cl2NO2S/c1-3-19(25-16-8-9-17(21)14(2)12-16)20(24)23-10-11-26-13-15-6-4-5-7-18(15)22/h4-9,12,19H,3,10-11,13H2,1-2H3,(H,23,24)/t19-/m1/s1. The second kappa shape index (κ2) is 10.7. The quantitative estimate of drug-likeness (QED) is 0.552. The van der Waals surface area contributed by atoms with Crippen molar-refractivity contribution in [2.45, 2.75) is 32.1 Å². The molecule has 0 fully saturated rings. The summed E-state index contributed by atoms with van der Waals surface area (Å²) in [6, 6.07) is 13.2. The van der Waals surface area contributed by atoms with Crippen LogP contribution in [0.4, 0.5) is 0 Å². The zero-order valence-electron chi connectivity index (χ0n) is 14.9. The number of aryl methyl sites for hydroxylation is 1. The highest BCUT2D eigenvalue weighted by Gasteiger charge is 2.18. The molecule has 0 saturated heterocycles. The van der Waals surface area contributed by atoms with Gasteiger partial charge in [-0.15, -0.1) is 0 Å². The highest BCUT2D eigenvalue weighted by molar-refractivity contribution is 7.98. The van der Waals surface area contributed by atoms with Crippen molar-refractivity contribution >= 4 is 40.9 Å². The number of benzene rings is 2. The van der Waals surface area contributed by atoms with E-state index in [1.54, 1.807) is 23.9 Å². The summed E-state index contributed by atoms with van der Waals surface area (Å²) in [7, 11) is 0. The monoisotopic (exact) mass is 411 g/mol. The molecule has 0 radical (unpaired) electrons. The van der Waals surface area contributed by atoms with Crippen molar-refractivity contribution in [1.29, 1.82) is 0 Å². The smallest absolute Gasteiger partial charge is 0.261 e. The zero-order chi connectivity index (χ0) is 18.9. The molecule has 2 aromatic rings. The van der Waals surface area contributed by atoms with E-state index >= 15 is 0 Å². The Kier molecular flexibility index (Phi) is 8.63. The molecule has 1 N–H and O–H groups in total. The van der Waals surface area contributed by atoms with E-state index in [1.807, 2.05) is 44.2 Å². The first-order valence-corrected chi connectivity index (χ1v) is 10.4. The SMILES string of the molecule is CC[C@@H](Oc1ccc(Cl)c(C)c1)C(=O)NCCSCc1ccccc1Cl. The van der Waals surface area contributed by atoms with E-state index in [-0.39, 0.29) is 5.91 Å². The molecule has 26 heavy (non-hydrogen) atoms. The van der Waals surface area contributed by atoms with Gasteiger partial charge in [0.1, 0.15) is 5.75 Å². The lowest BCUT2D eigenvalue weighted by atomic mass is 10.2. The van der Waals surface area contributed by atoms with E-state index in [1.165, 1.54) is 0 Å². The predicted octanol–water partition coefficient (Wildman–Crippen LogP) is 5.51. The maximum absolute atomic E-state index is 12.3. The second-order valence-electron chi connectivity index (χ2n) is 5.86. The first-order chi connectivity index (χ1) is 12.5. The van der Waals surface area contributed by atoms with E-state index in [9.17, 15) is 4.79 Å². The molecule has 0 aromatic heterocycles. The van der Waals surface area contributed by atoms with Gasteiger partial charge < -0.3 is 10.1 Å². The van der Waals surface area contributed by atoms with Gasteiger partial charge in [-0.25, -0.2) is 0 Å². The van der Waals surface area contributed by atoms with Crippen LogP contribution in [0.5, 0.6) is 5.75 Å². The van der Waals surface area contributed by atoms with E-state index in [0.29, 0.717) is 23.7 Å². The van der Waals surface area contributed by atoms with Crippen LogP contribution in [0.15, 0.2) is 42.5 Å². The molecule has 140 valence electrons. The fourth-order valence-corrected chi connectivity index (χ4v) is 3.60. The Balaban J connectivity index is 1.74. The average molecular weight is 412 g/mol. The minimum Gasteiger partial charge on any atom is -0.481 e. The highest BCUT2D eigenvalue weighted by Crippen LogP contribution is 2.23.